The number of hydrogen-bond acceptors (Lipinski definition) is 5. The van der Waals surface area contributed by atoms with Gasteiger partial charge in [0.05, 0.1) is 16.5 Å². The van der Waals surface area contributed by atoms with Gasteiger partial charge in [0.2, 0.25) is 0 Å². The van der Waals surface area contributed by atoms with Gasteiger partial charge >= 0.3 is 5.51 Å². The molecule has 0 aliphatic rings. The van der Waals surface area contributed by atoms with E-state index in [0.717, 1.165) is 29.1 Å². The molecular weight excluding hydrogens is 445 g/mol. The van der Waals surface area contributed by atoms with Crippen molar-refractivity contribution in [3.8, 4) is 21.8 Å². The van der Waals surface area contributed by atoms with Gasteiger partial charge in [0, 0.05) is 28.4 Å². The number of benzene rings is 1. The topological polar surface area (TPSA) is 59.9 Å². The van der Waals surface area contributed by atoms with E-state index in [9.17, 15) is 21.6 Å². The largest absolute Gasteiger partial charge is 0.497 e. The highest BCUT2D eigenvalue weighted by molar-refractivity contribution is 7.91. The smallest absolute Gasteiger partial charge is 0.261 e. The van der Waals surface area contributed by atoms with Crippen LogP contribution in [-0.2, 0) is 22.0 Å². The zero-order valence-corrected chi connectivity index (χ0v) is 17.6. The van der Waals surface area contributed by atoms with E-state index in [0.29, 0.717) is 11.3 Å². The van der Waals surface area contributed by atoms with Crippen molar-refractivity contribution in [2.75, 3.05) is 0 Å². The van der Waals surface area contributed by atoms with E-state index in [-0.39, 0.29) is 10.6 Å². The van der Waals surface area contributed by atoms with Crippen LogP contribution < -0.4 is 0 Å². The molecule has 0 saturated heterocycles. The molecule has 0 amide bonds. The Morgan fingerprint density at radius 3 is 2.59 bits per heavy atom. The van der Waals surface area contributed by atoms with Crippen molar-refractivity contribution < 1.29 is 21.6 Å². The Labute approximate surface area is 175 Å². The molecule has 2 aromatic heterocycles. The summed E-state index contributed by atoms with van der Waals surface area (Å²) in [7, 11) is -5.26. The Balaban J connectivity index is 1.86. The van der Waals surface area contributed by atoms with Crippen molar-refractivity contribution in [1.82, 2.24) is 9.97 Å². The van der Waals surface area contributed by atoms with Crippen molar-refractivity contribution in [3.63, 3.8) is 0 Å². The van der Waals surface area contributed by atoms with E-state index in [1.807, 2.05) is 12.1 Å². The van der Waals surface area contributed by atoms with Crippen molar-refractivity contribution >= 4 is 32.8 Å². The van der Waals surface area contributed by atoms with E-state index in [1.54, 1.807) is 11.6 Å². The molecule has 2 heterocycles. The third kappa shape index (κ3) is 4.96. The Kier molecular flexibility index (Phi) is 6.30. The Morgan fingerprint density at radius 1 is 1.17 bits per heavy atom. The predicted octanol–water partition coefficient (Wildman–Crippen LogP) is 5.91. The first-order valence-corrected chi connectivity index (χ1v) is 11.5. The fourth-order valence-corrected chi connectivity index (χ4v) is 4.59. The summed E-state index contributed by atoms with van der Waals surface area (Å²) in [6.45, 7) is 2.07. The molecule has 1 aromatic carbocycles. The minimum Gasteiger partial charge on any atom is -0.261 e. The zero-order chi connectivity index (χ0) is 21.2. The van der Waals surface area contributed by atoms with E-state index in [2.05, 4.69) is 16.9 Å². The summed E-state index contributed by atoms with van der Waals surface area (Å²) in [4.78, 5) is 8.88. The van der Waals surface area contributed by atoms with Crippen molar-refractivity contribution in [1.29, 1.82) is 0 Å². The number of hydrogen-bond donors (Lipinski definition) is 0. The average molecular weight is 461 g/mol. The monoisotopic (exact) mass is 460 g/mol. The van der Waals surface area contributed by atoms with Gasteiger partial charge in [-0.1, -0.05) is 37.1 Å². The molecule has 3 rings (SSSR count). The van der Waals surface area contributed by atoms with Crippen LogP contribution in [0.1, 0.15) is 24.6 Å². The second-order valence-electron chi connectivity index (χ2n) is 6.34. The van der Waals surface area contributed by atoms with Crippen LogP contribution in [0.5, 0.6) is 0 Å². The first-order valence-electron chi connectivity index (χ1n) is 8.59. The molecule has 0 aliphatic heterocycles. The fraction of sp³-hybridized carbons (Fsp3) is 0.263. The molecule has 3 aromatic rings. The molecule has 0 unspecified atom stereocenters. The summed E-state index contributed by atoms with van der Waals surface area (Å²) in [5, 5.41) is 2.69. The summed E-state index contributed by atoms with van der Waals surface area (Å²) in [5.41, 5.74) is -2.37. The highest BCUT2D eigenvalue weighted by atomic mass is 35.5. The third-order valence-electron chi connectivity index (χ3n) is 4.09. The van der Waals surface area contributed by atoms with Crippen LogP contribution in [0, 0.1) is 0 Å². The maximum atomic E-state index is 12.6. The molecule has 154 valence electrons. The minimum atomic E-state index is -5.30. The van der Waals surface area contributed by atoms with E-state index < -0.39 is 21.1 Å². The summed E-state index contributed by atoms with van der Waals surface area (Å²) >= 11 is 7.62. The lowest BCUT2D eigenvalue weighted by molar-refractivity contribution is -0.0437. The standard InChI is InChI=1S/C19H16ClF3N2O2S2/c1-2-3-14-9-13(6-7-24-14)18-25-17(10-28-18)15-5-4-12(8-16(15)20)11-29(26,27)19(21,22)23/h4-10H,2-3,11H2,1H3. The van der Waals surface area contributed by atoms with Crippen LogP contribution in [0.4, 0.5) is 13.2 Å². The first kappa shape index (κ1) is 21.7. The molecular formula is C19H16ClF3N2O2S2. The van der Waals surface area contributed by atoms with Crippen LogP contribution in [0.25, 0.3) is 21.8 Å². The van der Waals surface area contributed by atoms with E-state index in [1.165, 1.54) is 29.5 Å². The van der Waals surface area contributed by atoms with Crippen molar-refractivity contribution in [3.05, 3.63) is 58.2 Å². The second-order valence-corrected chi connectivity index (χ2v) is 9.59. The Hall–Kier alpha value is -1.97. The summed E-state index contributed by atoms with van der Waals surface area (Å²) < 4.78 is 60.4. The number of pyridine rings is 1. The van der Waals surface area contributed by atoms with Crippen molar-refractivity contribution in [2.24, 2.45) is 0 Å². The van der Waals surface area contributed by atoms with Gasteiger partial charge in [-0.25, -0.2) is 13.4 Å². The Morgan fingerprint density at radius 2 is 1.93 bits per heavy atom. The number of aryl methyl sites for hydroxylation is 1. The molecule has 0 saturated carbocycles. The van der Waals surface area contributed by atoms with Gasteiger partial charge < -0.3 is 0 Å². The van der Waals surface area contributed by atoms with Crippen molar-refractivity contribution in [2.45, 2.75) is 31.0 Å². The number of halogens is 4. The molecule has 0 atom stereocenters. The van der Waals surface area contributed by atoms with E-state index >= 15 is 0 Å². The molecule has 0 radical (unpaired) electrons. The van der Waals surface area contributed by atoms with Crippen LogP contribution in [0.15, 0.2) is 41.9 Å². The highest BCUT2D eigenvalue weighted by Crippen LogP contribution is 2.34. The zero-order valence-electron chi connectivity index (χ0n) is 15.2. The van der Waals surface area contributed by atoms with Gasteiger partial charge in [-0.15, -0.1) is 11.3 Å². The maximum absolute atomic E-state index is 12.6. The Bertz CT molecular complexity index is 1130. The summed E-state index contributed by atoms with van der Waals surface area (Å²) in [5.74, 6) is -1.16. The number of rotatable bonds is 6. The normalized spacial score (nSPS) is 12.3. The van der Waals surface area contributed by atoms with Gasteiger partial charge in [0.15, 0.2) is 0 Å². The highest BCUT2D eigenvalue weighted by Gasteiger charge is 2.45. The average Bonchev–Trinajstić information content (AvgIpc) is 3.11. The van der Waals surface area contributed by atoms with Crippen LogP contribution >= 0.6 is 22.9 Å². The van der Waals surface area contributed by atoms with Gasteiger partial charge in [0.25, 0.3) is 9.84 Å². The third-order valence-corrected chi connectivity index (χ3v) is 6.72. The molecule has 4 nitrogen and oxygen atoms in total. The fourth-order valence-electron chi connectivity index (χ4n) is 2.69. The number of thiazole rings is 1. The number of nitrogens with zero attached hydrogens (tertiary/aromatic N) is 2. The van der Waals surface area contributed by atoms with Gasteiger partial charge in [0.1, 0.15) is 5.01 Å². The lowest BCUT2D eigenvalue weighted by atomic mass is 10.1. The minimum absolute atomic E-state index is 0.0372. The molecule has 0 aliphatic carbocycles. The molecule has 29 heavy (non-hydrogen) atoms. The summed E-state index contributed by atoms with van der Waals surface area (Å²) in [6.07, 6.45) is 3.57. The summed E-state index contributed by atoms with van der Waals surface area (Å²) in [6, 6.07) is 7.85. The molecule has 0 bridgehead atoms. The number of alkyl halides is 3. The van der Waals surface area contributed by atoms with Gasteiger partial charge in [-0.3, -0.25) is 4.98 Å². The number of sulfone groups is 1. The first-order chi connectivity index (χ1) is 13.6. The second kappa shape index (κ2) is 8.41. The van der Waals surface area contributed by atoms with Crippen LogP contribution in [0.2, 0.25) is 5.02 Å². The molecule has 0 spiro atoms. The SMILES string of the molecule is CCCc1cc(-c2nc(-c3ccc(CS(=O)(=O)C(F)(F)F)cc3Cl)cs2)ccn1. The lowest BCUT2D eigenvalue weighted by Crippen LogP contribution is -2.24. The molecule has 0 N–H and O–H groups in total. The molecule has 0 fully saturated rings. The van der Waals surface area contributed by atoms with Crippen LogP contribution in [0.3, 0.4) is 0 Å². The quantitative estimate of drug-likeness (QED) is 0.458. The molecule has 10 heteroatoms. The van der Waals surface area contributed by atoms with Gasteiger partial charge in [-0.2, -0.15) is 13.2 Å². The number of aromatic nitrogens is 2. The van der Waals surface area contributed by atoms with Gasteiger partial charge in [-0.05, 0) is 30.2 Å². The predicted molar refractivity (Wildman–Crippen MR) is 108 cm³/mol. The van der Waals surface area contributed by atoms with Crippen LogP contribution in [-0.4, -0.2) is 23.9 Å². The maximum Gasteiger partial charge on any atom is 0.497 e. The lowest BCUT2D eigenvalue weighted by Gasteiger charge is -2.09. The van der Waals surface area contributed by atoms with E-state index in [4.69, 9.17) is 11.6 Å².